The van der Waals surface area contributed by atoms with Crippen molar-refractivity contribution in [3.05, 3.63) is 24.0 Å². The molecule has 2 aliphatic rings. The highest BCUT2D eigenvalue weighted by Crippen LogP contribution is 2.30. The van der Waals surface area contributed by atoms with Gasteiger partial charge in [-0.3, -0.25) is 19.3 Å². The fraction of sp³-hybridized carbons (Fsp3) is 0.429. The van der Waals surface area contributed by atoms with E-state index in [-0.39, 0.29) is 37.7 Å². The Morgan fingerprint density at radius 3 is 2.58 bits per heavy atom. The smallest absolute Gasteiger partial charge is 0.358 e. The Hall–Kier alpha value is -2.12. The van der Waals surface area contributed by atoms with Gasteiger partial charge in [0.15, 0.2) is 0 Å². The van der Waals surface area contributed by atoms with Crippen molar-refractivity contribution < 1.29 is 36.9 Å². The molecule has 2 saturated heterocycles. The van der Waals surface area contributed by atoms with Crippen LogP contribution in [0.2, 0.25) is 0 Å². The molecule has 0 aromatic heterocycles. The number of nitrogens with zero attached hydrogens (tertiary/aromatic N) is 3. The van der Waals surface area contributed by atoms with Crippen LogP contribution in [0, 0.1) is 5.82 Å². The monoisotopic (exact) mass is 389 g/mol. The summed E-state index contributed by atoms with van der Waals surface area (Å²) in [5.74, 6) is -1.98. The summed E-state index contributed by atoms with van der Waals surface area (Å²) in [7, 11) is -4.97. The van der Waals surface area contributed by atoms with Crippen molar-refractivity contribution in [3.8, 4) is 0 Å². The third-order valence-electron chi connectivity index (χ3n) is 4.20. The summed E-state index contributed by atoms with van der Waals surface area (Å²) in [5, 5.41) is 9.43. The van der Waals surface area contributed by atoms with Crippen molar-refractivity contribution in [1.29, 1.82) is 0 Å². The number of morpholine rings is 1. The van der Waals surface area contributed by atoms with Crippen molar-refractivity contribution in [2.24, 2.45) is 0 Å². The fourth-order valence-electron chi connectivity index (χ4n) is 2.94. The maximum Gasteiger partial charge on any atom is 0.358 e. The second kappa shape index (κ2) is 6.89. The molecule has 12 heteroatoms. The van der Waals surface area contributed by atoms with Gasteiger partial charge in [0.1, 0.15) is 18.5 Å². The van der Waals surface area contributed by atoms with Crippen molar-refractivity contribution in [3.63, 3.8) is 0 Å². The molecule has 1 aromatic rings. The Balaban J connectivity index is 1.82. The number of hydrogen-bond donors (Lipinski definition) is 2. The highest BCUT2D eigenvalue weighted by atomic mass is 32.2. The zero-order valence-corrected chi connectivity index (χ0v) is 14.2. The summed E-state index contributed by atoms with van der Waals surface area (Å²) in [4.78, 5) is 26.4. The third-order valence-corrected chi connectivity index (χ3v) is 4.93. The Morgan fingerprint density at radius 2 is 1.96 bits per heavy atom. The Kier molecular flexibility index (Phi) is 4.94. The van der Waals surface area contributed by atoms with E-state index in [1.807, 2.05) is 0 Å². The predicted molar refractivity (Wildman–Crippen MR) is 85.5 cm³/mol. The molecule has 2 aliphatic heterocycles. The van der Waals surface area contributed by atoms with Crippen LogP contribution in [0.5, 0.6) is 0 Å². The number of amides is 2. The van der Waals surface area contributed by atoms with E-state index in [4.69, 9.17) is 9.29 Å². The molecule has 2 heterocycles. The number of ether oxygens (including phenoxy) is 1. The maximum absolute atomic E-state index is 14.5. The van der Waals surface area contributed by atoms with Gasteiger partial charge in [0, 0.05) is 18.8 Å². The summed E-state index contributed by atoms with van der Waals surface area (Å²) < 4.78 is 49.8. The lowest BCUT2D eigenvalue weighted by Gasteiger charge is -2.27. The van der Waals surface area contributed by atoms with Gasteiger partial charge in [0.25, 0.3) is 5.91 Å². The lowest BCUT2D eigenvalue weighted by Crippen LogP contribution is -2.43. The SMILES string of the molecule is O=C1COCCN1c1ccc(N2CCC(N(O)S(=O)(=O)O)C2=O)c(F)c1. The van der Waals surface area contributed by atoms with E-state index in [1.54, 1.807) is 0 Å². The lowest BCUT2D eigenvalue weighted by atomic mass is 10.2. The molecule has 1 atom stereocenters. The molecule has 0 bridgehead atoms. The zero-order chi connectivity index (χ0) is 19.1. The first-order valence-corrected chi connectivity index (χ1v) is 9.04. The summed E-state index contributed by atoms with van der Waals surface area (Å²) in [6, 6.07) is 2.31. The van der Waals surface area contributed by atoms with Gasteiger partial charge in [0.2, 0.25) is 5.91 Å². The third kappa shape index (κ3) is 3.41. The standard InChI is InChI=1S/C14H16FN3O7S/c15-10-7-9(16-5-6-25-8-13(16)19)1-2-11(10)17-4-3-12(14(17)20)18(21)26(22,23)24/h1-2,7,12,21H,3-6,8H2,(H,22,23,24). The van der Waals surface area contributed by atoms with E-state index in [0.717, 1.165) is 11.0 Å². The summed E-state index contributed by atoms with van der Waals surface area (Å²) in [5.41, 5.74) is 0.190. The van der Waals surface area contributed by atoms with Crippen molar-refractivity contribution in [1.82, 2.24) is 4.47 Å². The first kappa shape index (κ1) is 18.7. The molecule has 2 N–H and O–H groups in total. The normalized spacial score (nSPS) is 21.8. The van der Waals surface area contributed by atoms with Gasteiger partial charge in [0.05, 0.1) is 12.3 Å². The van der Waals surface area contributed by atoms with Gasteiger partial charge in [-0.15, -0.1) is 0 Å². The first-order chi connectivity index (χ1) is 12.2. The molecule has 2 fully saturated rings. The lowest BCUT2D eigenvalue weighted by molar-refractivity contribution is -0.129. The highest BCUT2D eigenvalue weighted by molar-refractivity contribution is 7.83. The first-order valence-electron chi connectivity index (χ1n) is 7.65. The number of halogens is 1. The van der Waals surface area contributed by atoms with Gasteiger partial charge in [-0.1, -0.05) is 0 Å². The van der Waals surface area contributed by atoms with Crippen molar-refractivity contribution in [2.45, 2.75) is 12.5 Å². The molecular formula is C14H16FN3O7S. The number of hydroxylamine groups is 1. The largest absolute Gasteiger partial charge is 0.370 e. The quantitative estimate of drug-likeness (QED) is 0.539. The fourth-order valence-corrected chi connectivity index (χ4v) is 3.46. The minimum Gasteiger partial charge on any atom is -0.370 e. The molecule has 1 aromatic carbocycles. The van der Waals surface area contributed by atoms with Gasteiger partial charge in [-0.2, -0.15) is 8.42 Å². The van der Waals surface area contributed by atoms with Gasteiger partial charge in [-0.05, 0) is 29.1 Å². The Morgan fingerprint density at radius 1 is 1.23 bits per heavy atom. The molecule has 142 valence electrons. The molecule has 10 nitrogen and oxygen atoms in total. The molecule has 2 amide bonds. The number of anilines is 2. The van der Waals surface area contributed by atoms with Crippen molar-refractivity contribution in [2.75, 3.05) is 36.1 Å². The van der Waals surface area contributed by atoms with Gasteiger partial charge < -0.3 is 14.5 Å². The molecule has 1 unspecified atom stereocenters. The van der Waals surface area contributed by atoms with Crippen LogP contribution in [0.25, 0.3) is 0 Å². The average molecular weight is 389 g/mol. The Bertz CT molecular complexity index is 847. The molecule has 0 radical (unpaired) electrons. The predicted octanol–water partition coefficient (Wildman–Crippen LogP) is -0.212. The highest BCUT2D eigenvalue weighted by Gasteiger charge is 2.42. The van der Waals surface area contributed by atoms with E-state index in [0.29, 0.717) is 12.3 Å². The Labute approximate surface area is 148 Å². The van der Waals surface area contributed by atoms with Gasteiger partial charge in [-0.25, -0.2) is 4.39 Å². The minimum absolute atomic E-state index is 0.0527. The van der Waals surface area contributed by atoms with E-state index in [9.17, 15) is 27.6 Å². The second-order valence-electron chi connectivity index (χ2n) is 5.78. The van der Waals surface area contributed by atoms with Crippen LogP contribution in [-0.4, -0.2) is 66.8 Å². The molecule has 0 saturated carbocycles. The minimum atomic E-state index is -4.97. The van der Waals surface area contributed by atoms with E-state index >= 15 is 0 Å². The summed E-state index contributed by atoms with van der Waals surface area (Å²) in [6.07, 6.45) is -0.127. The van der Waals surface area contributed by atoms with E-state index < -0.39 is 32.5 Å². The van der Waals surface area contributed by atoms with E-state index in [1.165, 1.54) is 17.0 Å². The summed E-state index contributed by atoms with van der Waals surface area (Å²) in [6.45, 7) is 0.444. The number of carbonyl (C=O) groups excluding carboxylic acids is 2. The maximum atomic E-state index is 14.5. The van der Waals surface area contributed by atoms with Crippen LogP contribution in [0.3, 0.4) is 0 Å². The molecular weight excluding hydrogens is 373 g/mol. The molecule has 0 spiro atoms. The number of carbonyl (C=O) groups is 2. The van der Waals surface area contributed by atoms with Gasteiger partial charge >= 0.3 is 10.3 Å². The number of rotatable bonds is 4. The molecule has 26 heavy (non-hydrogen) atoms. The van der Waals surface area contributed by atoms with Crippen LogP contribution >= 0.6 is 0 Å². The topological polar surface area (TPSA) is 128 Å². The number of benzene rings is 1. The van der Waals surface area contributed by atoms with Crippen LogP contribution in [0.15, 0.2) is 18.2 Å². The summed E-state index contributed by atoms with van der Waals surface area (Å²) >= 11 is 0. The van der Waals surface area contributed by atoms with E-state index in [2.05, 4.69) is 0 Å². The van der Waals surface area contributed by atoms with Crippen LogP contribution < -0.4 is 9.80 Å². The molecule has 0 aliphatic carbocycles. The van der Waals surface area contributed by atoms with Crippen LogP contribution in [0.4, 0.5) is 15.8 Å². The number of hydrogen-bond acceptors (Lipinski definition) is 6. The zero-order valence-electron chi connectivity index (χ0n) is 13.4. The van der Waals surface area contributed by atoms with Crippen LogP contribution in [0.1, 0.15) is 6.42 Å². The van der Waals surface area contributed by atoms with Crippen LogP contribution in [-0.2, 0) is 24.6 Å². The average Bonchev–Trinajstić information content (AvgIpc) is 2.95. The second-order valence-corrected chi connectivity index (χ2v) is 7.05. The van der Waals surface area contributed by atoms with Crippen molar-refractivity contribution >= 4 is 33.5 Å². The molecule has 3 rings (SSSR count).